The minimum absolute atomic E-state index is 0.0110. The van der Waals surface area contributed by atoms with E-state index in [0.717, 1.165) is 4.68 Å². The predicted molar refractivity (Wildman–Crippen MR) is 70.2 cm³/mol. The molecular weight excluding hydrogens is 248 g/mol. The third-order valence-electron chi connectivity index (χ3n) is 2.80. The maximum atomic E-state index is 12.1. The first-order valence-corrected chi connectivity index (χ1v) is 5.62. The Bertz CT molecular complexity index is 783. The molecule has 0 aliphatic heterocycles. The van der Waals surface area contributed by atoms with Crippen molar-refractivity contribution in [1.29, 1.82) is 0 Å². The van der Waals surface area contributed by atoms with Gasteiger partial charge in [0.05, 0.1) is 17.3 Å². The van der Waals surface area contributed by atoms with Gasteiger partial charge in [0, 0.05) is 5.57 Å². The molecule has 0 spiro atoms. The fourth-order valence-electron chi connectivity index (χ4n) is 1.69. The molecule has 1 heterocycles. The molecule has 0 atom stereocenters. The number of nitrogens with zero attached hydrogens (tertiary/aromatic N) is 1. The number of rotatable bonds is 3. The first kappa shape index (κ1) is 12.8. The van der Waals surface area contributed by atoms with Crippen molar-refractivity contribution in [3.8, 4) is 0 Å². The van der Waals surface area contributed by atoms with Crippen LogP contribution in [0.4, 0.5) is 0 Å². The highest BCUT2D eigenvalue weighted by Gasteiger charge is 2.06. The zero-order valence-corrected chi connectivity index (χ0v) is 10.2. The number of aliphatic carboxylic acids is 1. The monoisotopic (exact) mass is 260 g/mol. The number of fused-ring (bicyclic) bond motifs is 1. The molecule has 2 aromatic rings. The molecule has 0 aliphatic carbocycles. The van der Waals surface area contributed by atoms with Crippen LogP contribution in [0.3, 0.4) is 0 Å². The summed E-state index contributed by atoms with van der Waals surface area (Å²) in [4.78, 5) is 34.5. The van der Waals surface area contributed by atoms with Gasteiger partial charge in [0.15, 0.2) is 0 Å². The number of hydrogen-bond acceptors (Lipinski definition) is 3. The number of H-pyrrole nitrogens is 1. The summed E-state index contributed by atoms with van der Waals surface area (Å²) < 4.78 is 1.09. The number of carbonyl (C=O) groups is 1. The molecule has 0 radical (unpaired) electrons. The van der Waals surface area contributed by atoms with Crippen molar-refractivity contribution >= 4 is 16.7 Å². The molecule has 6 heteroatoms. The zero-order valence-electron chi connectivity index (χ0n) is 10.2. The van der Waals surface area contributed by atoms with E-state index in [1.165, 1.54) is 13.0 Å². The Balaban J connectivity index is 2.55. The van der Waals surface area contributed by atoms with Crippen LogP contribution in [0.5, 0.6) is 0 Å². The van der Waals surface area contributed by atoms with Gasteiger partial charge in [-0.05, 0) is 19.1 Å². The Morgan fingerprint density at radius 3 is 2.58 bits per heavy atom. The van der Waals surface area contributed by atoms with Gasteiger partial charge in [0.25, 0.3) is 11.1 Å². The van der Waals surface area contributed by atoms with Crippen molar-refractivity contribution in [2.45, 2.75) is 13.5 Å². The zero-order chi connectivity index (χ0) is 14.0. The van der Waals surface area contributed by atoms with Crippen LogP contribution in [0.2, 0.25) is 0 Å². The number of hydrogen-bond donors (Lipinski definition) is 2. The van der Waals surface area contributed by atoms with Crippen LogP contribution in [-0.2, 0) is 11.3 Å². The molecule has 2 rings (SSSR count). The maximum absolute atomic E-state index is 12.1. The molecule has 0 fully saturated rings. The standard InChI is InChI=1S/C13H12N2O4/c1-8(13(18)19)6-7-15-12(17)10-5-3-2-4-9(10)11(16)14-15/h2-6H,7H2,1H3,(H,14,16)(H,18,19). The summed E-state index contributed by atoms with van der Waals surface area (Å²) in [5.41, 5.74) is -0.623. The topological polar surface area (TPSA) is 92.2 Å². The Morgan fingerprint density at radius 2 is 1.95 bits per heavy atom. The van der Waals surface area contributed by atoms with Gasteiger partial charge < -0.3 is 5.11 Å². The molecule has 1 aromatic heterocycles. The summed E-state index contributed by atoms with van der Waals surface area (Å²) >= 11 is 0. The van der Waals surface area contributed by atoms with Crippen molar-refractivity contribution in [2.24, 2.45) is 0 Å². The molecule has 0 saturated carbocycles. The third kappa shape index (κ3) is 2.47. The molecule has 0 amide bonds. The lowest BCUT2D eigenvalue weighted by molar-refractivity contribution is -0.132. The fourth-order valence-corrected chi connectivity index (χ4v) is 1.69. The fraction of sp³-hybridized carbons (Fsp3) is 0.154. The van der Waals surface area contributed by atoms with Gasteiger partial charge in [-0.25, -0.2) is 9.48 Å². The first-order valence-electron chi connectivity index (χ1n) is 5.62. The van der Waals surface area contributed by atoms with E-state index in [9.17, 15) is 14.4 Å². The lowest BCUT2D eigenvalue weighted by atomic mass is 10.2. The highest BCUT2D eigenvalue weighted by molar-refractivity contribution is 5.85. The number of carboxylic acids is 1. The molecule has 19 heavy (non-hydrogen) atoms. The van der Waals surface area contributed by atoms with E-state index in [2.05, 4.69) is 5.10 Å². The molecule has 6 nitrogen and oxygen atoms in total. The molecule has 2 N–H and O–H groups in total. The van der Waals surface area contributed by atoms with Crippen molar-refractivity contribution in [3.63, 3.8) is 0 Å². The molecule has 0 saturated heterocycles. The van der Waals surface area contributed by atoms with Crippen molar-refractivity contribution in [3.05, 3.63) is 56.6 Å². The van der Waals surface area contributed by atoms with Gasteiger partial charge in [-0.1, -0.05) is 18.2 Å². The van der Waals surface area contributed by atoms with E-state index in [4.69, 9.17) is 5.11 Å². The summed E-state index contributed by atoms with van der Waals surface area (Å²) in [7, 11) is 0. The van der Waals surface area contributed by atoms with Crippen LogP contribution >= 0.6 is 0 Å². The second kappa shape index (κ2) is 4.93. The van der Waals surface area contributed by atoms with Crippen LogP contribution in [0.15, 0.2) is 45.5 Å². The number of aromatic nitrogens is 2. The quantitative estimate of drug-likeness (QED) is 0.795. The Hall–Kier alpha value is -2.63. The molecule has 0 bridgehead atoms. The van der Waals surface area contributed by atoms with Crippen molar-refractivity contribution in [1.82, 2.24) is 9.78 Å². The minimum Gasteiger partial charge on any atom is -0.478 e. The molecule has 1 aromatic carbocycles. The van der Waals surface area contributed by atoms with E-state index >= 15 is 0 Å². The summed E-state index contributed by atoms with van der Waals surface area (Å²) in [6, 6.07) is 6.48. The Kier molecular flexibility index (Phi) is 3.33. The van der Waals surface area contributed by atoms with Crippen LogP contribution < -0.4 is 11.1 Å². The molecule has 0 unspecified atom stereocenters. The van der Waals surface area contributed by atoms with Crippen molar-refractivity contribution in [2.75, 3.05) is 0 Å². The van der Waals surface area contributed by atoms with Gasteiger partial charge in [0.2, 0.25) is 0 Å². The molecule has 0 aliphatic rings. The summed E-state index contributed by atoms with van der Waals surface area (Å²) in [6.45, 7) is 1.43. The second-order valence-corrected chi connectivity index (χ2v) is 4.09. The van der Waals surface area contributed by atoms with E-state index in [1.807, 2.05) is 0 Å². The smallest absolute Gasteiger partial charge is 0.331 e. The SMILES string of the molecule is CC(=CCn1[nH]c(=O)c2ccccc2c1=O)C(=O)O. The van der Waals surface area contributed by atoms with Gasteiger partial charge in [-0.3, -0.25) is 14.7 Å². The van der Waals surface area contributed by atoms with Crippen LogP contribution in [-0.4, -0.2) is 20.9 Å². The maximum Gasteiger partial charge on any atom is 0.331 e. The average Bonchev–Trinajstić information content (AvgIpc) is 2.40. The van der Waals surface area contributed by atoms with Crippen LogP contribution in [0, 0.1) is 0 Å². The van der Waals surface area contributed by atoms with Gasteiger partial charge in [-0.15, -0.1) is 0 Å². The van der Waals surface area contributed by atoms with E-state index in [-0.39, 0.29) is 23.2 Å². The number of carboxylic acid groups (broad SMARTS) is 1. The minimum atomic E-state index is -1.06. The van der Waals surface area contributed by atoms with E-state index in [1.54, 1.807) is 24.3 Å². The Labute approximate surface area is 107 Å². The number of allylic oxidation sites excluding steroid dienone is 1. The van der Waals surface area contributed by atoms with Gasteiger partial charge >= 0.3 is 5.97 Å². The van der Waals surface area contributed by atoms with E-state index < -0.39 is 5.97 Å². The number of aromatic amines is 1. The highest BCUT2D eigenvalue weighted by Crippen LogP contribution is 2.02. The van der Waals surface area contributed by atoms with Gasteiger partial charge in [0.1, 0.15) is 0 Å². The second-order valence-electron chi connectivity index (χ2n) is 4.09. The van der Waals surface area contributed by atoms with Crippen LogP contribution in [0.25, 0.3) is 10.8 Å². The lowest BCUT2D eigenvalue weighted by Crippen LogP contribution is -2.29. The molecular formula is C13H12N2O4. The summed E-state index contributed by atoms with van der Waals surface area (Å²) in [6.07, 6.45) is 1.37. The van der Waals surface area contributed by atoms with E-state index in [0.29, 0.717) is 10.8 Å². The largest absolute Gasteiger partial charge is 0.478 e. The predicted octanol–water partition coefficient (Wildman–Crippen LogP) is 0.721. The number of benzene rings is 1. The summed E-state index contributed by atoms with van der Waals surface area (Å²) in [5.74, 6) is -1.06. The molecule has 98 valence electrons. The van der Waals surface area contributed by atoms with Crippen LogP contribution in [0.1, 0.15) is 6.92 Å². The Morgan fingerprint density at radius 1 is 1.32 bits per heavy atom. The van der Waals surface area contributed by atoms with Gasteiger partial charge in [-0.2, -0.15) is 0 Å². The third-order valence-corrected chi connectivity index (χ3v) is 2.80. The average molecular weight is 260 g/mol. The summed E-state index contributed by atoms with van der Waals surface area (Å²) in [5, 5.41) is 11.8. The first-order chi connectivity index (χ1) is 9.00. The lowest BCUT2D eigenvalue weighted by Gasteiger charge is -2.04. The number of nitrogens with one attached hydrogen (secondary N) is 1. The normalized spacial score (nSPS) is 11.7. The van der Waals surface area contributed by atoms with Crippen molar-refractivity contribution < 1.29 is 9.90 Å². The highest BCUT2D eigenvalue weighted by atomic mass is 16.4.